The lowest BCUT2D eigenvalue weighted by Gasteiger charge is -2.56. The fourth-order valence-corrected chi connectivity index (χ4v) is 6.81. The largest absolute Gasteiger partial charge is 0.299 e. The van der Waals surface area contributed by atoms with E-state index in [0.717, 1.165) is 24.8 Å². The van der Waals surface area contributed by atoms with Gasteiger partial charge in [-0.1, -0.05) is 6.07 Å². The standard InChI is InChI=1S/C21H21N3O/c22-11-21(12-23)17(16-2-1-3-24-10-16)18(21)19(25)20-7-13-4-14(8-20)6-15(5-13)9-20/h1-3,10,13-15,17-18H,4-9H2/t13?,14?,15?,17-,18+,20?/m1/s1. The Morgan fingerprint density at radius 3 is 2.16 bits per heavy atom. The summed E-state index contributed by atoms with van der Waals surface area (Å²) in [4.78, 5) is 17.8. The van der Waals surface area contributed by atoms with Crippen LogP contribution in [0.15, 0.2) is 24.5 Å². The third kappa shape index (κ3) is 1.92. The number of rotatable bonds is 3. The van der Waals surface area contributed by atoms with Crippen LogP contribution in [0.2, 0.25) is 0 Å². The molecule has 1 aromatic heterocycles. The molecule has 0 N–H and O–H groups in total. The normalized spacial score (nSPS) is 42.4. The SMILES string of the molecule is N#CC1(C#N)[C@H](C(=O)C23CC4CC(CC(C4)C2)C3)[C@H]1c1cccnc1. The number of aromatic nitrogens is 1. The first kappa shape index (κ1) is 15.1. The van der Waals surface area contributed by atoms with Gasteiger partial charge >= 0.3 is 0 Å². The molecule has 0 aromatic carbocycles. The van der Waals surface area contributed by atoms with Crippen LogP contribution in [-0.2, 0) is 4.79 Å². The van der Waals surface area contributed by atoms with Gasteiger partial charge in [0, 0.05) is 23.7 Å². The quantitative estimate of drug-likeness (QED) is 0.847. The molecule has 0 amide bonds. The van der Waals surface area contributed by atoms with Crippen LogP contribution in [-0.4, -0.2) is 10.8 Å². The van der Waals surface area contributed by atoms with Gasteiger partial charge in [0.1, 0.15) is 5.78 Å². The molecule has 0 saturated heterocycles. The maximum absolute atomic E-state index is 13.7. The van der Waals surface area contributed by atoms with Crippen LogP contribution in [0.25, 0.3) is 0 Å². The summed E-state index contributed by atoms with van der Waals surface area (Å²) in [6.45, 7) is 0. The molecule has 5 aliphatic rings. The van der Waals surface area contributed by atoms with Crippen molar-refractivity contribution in [3.63, 3.8) is 0 Å². The molecule has 126 valence electrons. The van der Waals surface area contributed by atoms with Crippen LogP contribution in [0.5, 0.6) is 0 Å². The van der Waals surface area contributed by atoms with E-state index in [1.165, 1.54) is 19.3 Å². The smallest absolute Gasteiger partial charge is 0.161 e. The van der Waals surface area contributed by atoms with E-state index in [2.05, 4.69) is 17.1 Å². The minimum absolute atomic E-state index is 0.212. The summed E-state index contributed by atoms with van der Waals surface area (Å²) < 4.78 is 0. The van der Waals surface area contributed by atoms with Crippen molar-refractivity contribution in [2.24, 2.45) is 34.5 Å². The predicted octanol–water partition coefficient (Wildman–Crippen LogP) is 3.61. The second kappa shape index (κ2) is 4.92. The number of carbonyl (C=O) groups excluding carboxylic acids is 1. The van der Waals surface area contributed by atoms with Crippen LogP contribution in [0, 0.1) is 57.2 Å². The molecule has 5 aliphatic carbocycles. The molecule has 0 aliphatic heterocycles. The zero-order chi connectivity index (χ0) is 17.2. The molecular weight excluding hydrogens is 310 g/mol. The Kier molecular flexibility index (Phi) is 2.97. The van der Waals surface area contributed by atoms with E-state index in [4.69, 9.17) is 0 Å². The zero-order valence-corrected chi connectivity index (χ0v) is 14.2. The third-order valence-corrected chi connectivity index (χ3v) is 7.46. The van der Waals surface area contributed by atoms with Crippen LogP contribution < -0.4 is 0 Å². The Morgan fingerprint density at radius 1 is 1.08 bits per heavy atom. The molecule has 0 spiro atoms. The van der Waals surface area contributed by atoms with E-state index in [1.54, 1.807) is 12.4 Å². The summed E-state index contributed by atoms with van der Waals surface area (Å²) in [5, 5.41) is 19.5. The van der Waals surface area contributed by atoms with Gasteiger partial charge in [0.05, 0.1) is 18.1 Å². The Balaban J connectivity index is 1.51. The molecule has 0 unspecified atom stereocenters. The number of pyridine rings is 1. The molecule has 1 aromatic rings. The van der Waals surface area contributed by atoms with Crippen LogP contribution in [0.4, 0.5) is 0 Å². The number of carbonyl (C=O) groups is 1. The number of nitrogens with zero attached hydrogens (tertiary/aromatic N) is 3. The highest BCUT2D eigenvalue weighted by Gasteiger charge is 2.73. The first-order valence-electron chi connectivity index (χ1n) is 9.38. The van der Waals surface area contributed by atoms with Crippen molar-refractivity contribution < 1.29 is 4.79 Å². The number of hydrogen-bond donors (Lipinski definition) is 0. The minimum atomic E-state index is -1.19. The highest BCUT2D eigenvalue weighted by Crippen LogP contribution is 2.70. The molecule has 5 fully saturated rings. The summed E-state index contributed by atoms with van der Waals surface area (Å²) in [5.41, 5.74) is -0.590. The topological polar surface area (TPSA) is 77.5 Å². The zero-order valence-electron chi connectivity index (χ0n) is 14.2. The lowest BCUT2D eigenvalue weighted by atomic mass is 9.48. The molecule has 0 radical (unpaired) electrons. The average Bonchev–Trinajstić information content (AvgIpc) is 3.30. The minimum Gasteiger partial charge on any atom is -0.299 e. The van der Waals surface area contributed by atoms with E-state index in [1.807, 2.05) is 12.1 Å². The van der Waals surface area contributed by atoms with E-state index >= 15 is 0 Å². The third-order valence-electron chi connectivity index (χ3n) is 7.46. The summed E-state index contributed by atoms with van der Waals surface area (Å²) >= 11 is 0. The van der Waals surface area contributed by atoms with Gasteiger partial charge in [-0.2, -0.15) is 10.5 Å². The second-order valence-electron chi connectivity index (χ2n) is 8.90. The molecule has 1 heterocycles. The fraction of sp³-hybridized carbons (Fsp3) is 0.619. The van der Waals surface area contributed by atoms with Crippen molar-refractivity contribution in [1.29, 1.82) is 10.5 Å². The average molecular weight is 331 g/mol. The summed E-state index contributed by atoms with van der Waals surface area (Å²) in [5.74, 6) is 1.49. The lowest BCUT2D eigenvalue weighted by molar-refractivity contribution is -0.145. The first-order valence-corrected chi connectivity index (χ1v) is 9.38. The number of Topliss-reactive ketones (excluding diaryl/α,β-unsaturated/α-hetero) is 1. The van der Waals surface area contributed by atoms with E-state index < -0.39 is 11.3 Å². The fourth-order valence-electron chi connectivity index (χ4n) is 6.81. The highest BCUT2D eigenvalue weighted by atomic mass is 16.1. The molecule has 4 heteroatoms. The van der Waals surface area contributed by atoms with E-state index in [9.17, 15) is 15.3 Å². The van der Waals surface area contributed by atoms with Gasteiger partial charge in [0.25, 0.3) is 0 Å². The van der Waals surface area contributed by atoms with Crippen molar-refractivity contribution in [1.82, 2.24) is 4.98 Å². The monoisotopic (exact) mass is 331 g/mol. The molecule has 6 rings (SSSR count). The van der Waals surface area contributed by atoms with Gasteiger partial charge in [-0.05, 0) is 67.9 Å². The molecule has 2 atom stereocenters. The maximum Gasteiger partial charge on any atom is 0.161 e. The van der Waals surface area contributed by atoms with Crippen LogP contribution >= 0.6 is 0 Å². The first-order chi connectivity index (χ1) is 12.1. The Hall–Kier alpha value is -2.20. The maximum atomic E-state index is 13.7. The summed E-state index contributed by atoms with van der Waals surface area (Å²) in [6.07, 6.45) is 10.2. The van der Waals surface area contributed by atoms with Crippen molar-refractivity contribution >= 4 is 5.78 Å². The number of nitriles is 2. The Morgan fingerprint density at radius 2 is 1.68 bits per heavy atom. The molecule has 5 saturated carbocycles. The van der Waals surface area contributed by atoms with E-state index in [0.29, 0.717) is 17.8 Å². The predicted molar refractivity (Wildman–Crippen MR) is 89.7 cm³/mol. The Labute approximate surface area is 147 Å². The second-order valence-corrected chi connectivity index (χ2v) is 8.90. The highest BCUT2D eigenvalue weighted by molar-refractivity contribution is 5.94. The Bertz CT molecular complexity index is 766. The van der Waals surface area contributed by atoms with Gasteiger partial charge in [0.2, 0.25) is 0 Å². The van der Waals surface area contributed by atoms with Gasteiger partial charge in [-0.3, -0.25) is 9.78 Å². The van der Waals surface area contributed by atoms with Crippen molar-refractivity contribution in [3.8, 4) is 12.1 Å². The van der Waals surface area contributed by atoms with Crippen molar-refractivity contribution in [2.45, 2.75) is 44.4 Å². The molecule has 4 bridgehead atoms. The summed E-state index contributed by atoms with van der Waals surface area (Å²) in [6, 6.07) is 8.12. The van der Waals surface area contributed by atoms with Crippen molar-refractivity contribution in [2.75, 3.05) is 0 Å². The van der Waals surface area contributed by atoms with Crippen LogP contribution in [0.1, 0.15) is 50.0 Å². The van der Waals surface area contributed by atoms with Gasteiger partial charge in [-0.25, -0.2) is 0 Å². The molecular formula is C21H21N3O. The van der Waals surface area contributed by atoms with E-state index in [-0.39, 0.29) is 17.1 Å². The van der Waals surface area contributed by atoms with Gasteiger partial charge in [0.15, 0.2) is 5.41 Å². The molecule has 4 nitrogen and oxygen atoms in total. The lowest BCUT2D eigenvalue weighted by Crippen LogP contribution is -2.50. The number of hydrogen-bond acceptors (Lipinski definition) is 4. The molecule has 25 heavy (non-hydrogen) atoms. The van der Waals surface area contributed by atoms with Gasteiger partial charge in [-0.15, -0.1) is 0 Å². The van der Waals surface area contributed by atoms with Crippen molar-refractivity contribution in [3.05, 3.63) is 30.1 Å². The van der Waals surface area contributed by atoms with Gasteiger partial charge < -0.3 is 0 Å². The number of ketones is 1. The van der Waals surface area contributed by atoms with Crippen LogP contribution in [0.3, 0.4) is 0 Å². The summed E-state index contributed by atoms with van der Waals surface area (Å²) in [7, 11) is 0.